The van der Waals surface area contributed by atoms with Crippen LogP contribution >= 0.6 is 0 Å². The molecule has 3 heterocycles. The number of aromatic nitrogens is 3. The minimum Gasteiger partial charge on any atom is -0.364 e. The molecule has 0 spiro atoms. The molecule has 0 saturated carbocycles. The van der Waals surface area contributed by atoms with E-state index in [2.05, 4.69) is 15.0 Å². The molecule has 6 nitrogen and oxygen atoms in total. The van der Waals surface area contributed by atoms with Gasteiger partial charge in [0.2, 0.25) is 0 Å². The molecular weight excluding hydrogens is 275 g/mol. The first-order chi connectivity index (χ1) is 10.2. The van der Waals surface area contributed by atoms with Gasteiger partial charge in [-0.25, -0.2) is 4.39 Å². The van der Waals surface area contributed by atoms with Crippen LogP contribution in [-0.2, 0) is 0 Å². The number of nitrogens with zero attached hydrogens (tertiary/aromatic N) is 2. The third-order valence-corrected chi connectivity index (χ3v) is 3.27. The molecule has 3 aromatic heterocycles. The van der Waals surface area contributed by atoms with Crippen LogP contribution in [0.4, 0.5) is 10.1 Å². The number of rotatable bonds is 4. The van der Waals surface area contributed by atoms with Crippen LogP contribution in [0.3, 0.4) is 0 Å². The quantitative estimate of drug-likeness (QED) is 0.571. The lowest BCUT2D eigenvalue weighted by Gasteiger charge is -2.15. The highest BCUT2D eigenvalue weighted by Crippen LogP contribution is 2.36. The minimum absolute atomic E-state index is 0.0140. The van der Waals surface area contributed by atoms with E-state index in [0.717, 1.165) is 12.4 Å². The van der Waals surface area contributed by atoms with Crippen molar-refractivity contribution in [3.05, 3.63) is 81.9 Å². The third-order valence-electron chi connectivity index (χ3n) is 3.27. The number of hydrogen-bond donors (Lipinski definition) is 2. The minimum atomic E-state index is -0.710. The molecule has 106 valence electrons. The molecule has 21 heavy (non-hydrogen) atoms. The standard InChI is InChI=1S/C14H11FN4O2/c15-9-7-16-8-12(19(20)21)13(9)14(10-3-1-5-17-10)11-4-2-6-18-11/h1-8,14,17-18H. The fraction of sp³-hybridized carbons (Fsp3) is 0.0714. The van der Waals surface area contributed by atoms with Gasteiger partial charge in [-0.05, 0) is 24.3 Å². The molecule has 2 N–H and O–H groups in total. The molecule has 0 bridgehead atoms. The highest BCUT2D eigenvalue weighted by molar-refractivity contribution is 5.49. The highest BCUT2D eigenvalue weighted by atomic mass is 19.1. The summed E-state index contributed by atoms with van der Waals surface area (Å²) in [7, 11) is 0. The lowest BCUT2D eigenvalue weighted by molar-refractivity contribution is -0.386. The van der Waals surface area contributed by atoms with E-state index in [4.69, 9.17) is 0 Å². The van der Waals surface area contributed by atoms with Crippen molar-refractivity contribution >= 4 is 5.69 Å². The van der Waals surface area contributed by atoms with Crippen LogP contribution in [0, 0.1) is 15.9 Å². The van der Waals surface area contributed by atoms with Crippen molar-refractivity contribution in [1.29, 1.82) is 0 Å². The largest absolute Gasteiger partial charge is 0.364 e. The smallest absolute Gasteiger partial charge is 0.294 e. The third kappa shape index (κ3) is 2.29. The molecular formula is C14H11FN4O2. The number of H-pyrrole nitrogens is 2. The summed E-state index contributed by atoms with van der Waals surface area (Å²) < 4.78 is 14.2. The number of nitrogens with one attached hydrogen (secondary N) is 2. The van der Waals surface area contributed by atoms with Crippen molar-refractivity contribution in [3.63, 3.8) is 0 Å². The molecule has 0 amide bonds. The van der Waals surface area contributed by atoms with E-state index in [1.165, 1.54) is 0 Å². The van der Waals surface area contributed by atoms with E-state index in [0.29, 0.717) is 11.4 Å². The molecule has 0 fully saturated rings. The van der Waals surface area contributed by atoms with Gasteiger partial charge in [-0.15, -0.1) is 0 Å². The highest BCUT2D eigenvalue weighted by Gasteiger charge is 2.30. The summed E-state index contributed by atoms with van der Waals surface area (Å²) in [4.78, 5) is 20.1. The fourth-order valence-electron chi connectivity index (χ4n) is 2.39. The summed E-state index contributed by atoms with van der Waals surface area (Å²) in [6.07, 6.45) is 5.44. The van der Waals surface area contributed by atoms with Crippen molar-refractivity contribution in [2.75, 3.05) is 0 Å². The second kappa shape index (κ2) is 5.20. The predicted molar refractivity (Wildman–Crippen MR) is 73.4 cm³/mol. The number of nitro groups is 1. The lowest BCUT2D eigenvalue weighted by atomic mass is 9.92. The zero-order valence-corrected chi connectivity index (χ0v) is 10.8. The Morgan fingerprint density at radius 1 is 1.14 bits per heavy atom. The maximum atomic E-state index is 14.2. The molecule has 3 aromatic rings. The molecule has 0 radical (unpaired) electrons. The summed E-state index contributed by atoms with van der Waals surface area (Å²) in [6, 6.07) is 7.04. The van der Waals surface area contributed by atoms with Crippen LogP contribution in [0.1, 0.15) is 22.9 Å². The molecule has 0 aliphatic carbocycles. The average Bonchev–Trinajstić information content (AvgIpc) is 3.14. The molecule has 3 rings (SSSR count). The van der Waals surface area contributed by atoms with Gasteiger partial charge in [0, 0.05) is 23.8 Å². The Bertz CT molecular complexity index is 719. The van der Waals surface area contributed by atoms with Gasteiger partial charge in [0.15, 0.2) is 5.82 Å². The molecule has 0 unspecified atom stereocenters. The molecule has 0 aromatic carbocycles. The molecule has 0 aliphatic heterocycles. The first-order valence-corrected chi connectivity index (χ1v) is 6.23. The second-order valence-corrected chi connectivity index (χ2v) is 4.50. The van der Waals surface area contributed by atoms with E-state index in [1.54, 1.807) is 36.7 Å². The molecule has 7 heteroatoms. The van der Waals surface area contributed by atoms with Crippen LogP contribution in [0.5, 0.6) is 0 Å². The van der Waals surface area contributed by atoms with Gasteiger partial charge in [0.05, 0.1) is 22.6 Å². The van der Waals surface area contributed by atoms with E-state index < -0.39 is 16.7 Å². The normalized spacial score (nSPS) is 11.0. The van der Waals surface area contributed by atoms with Gasteiger partial charge in [-0.1, -0.05) is 0 Å². The Balaban J connectivity index is 2.25. The van der Waals surface area contributed by atoms with Crippen LogP contribution in [0.25, 0.3) is 0 Å². The summed E-state index contributed by atoms with van der Waals surface area (Å²) in [5.41, 5.74) is 0.959. The van der Waals surface area contributed by atoms with Crippen molar-refractivity contribution in [2.24, 2.45) is 0 Å². The topological polar surface area (TPSA) is 87.6 Å². The number of pyridine rings is 1. The van der Waals surface area contributed by atoms with Gasteiger partial charge in [-0.2, -0.15) is 0 Å². The van der Waals surface area contributed by atoms with Gasteiger partial charge >= 0.3 is 0 Å². The second-order valence-electron chi connectivity index (χ2n) is 4.50. The van der Waals surface area contributed by atoms with Crippen LogP contribution in [0.15, 0.2) is 49.1 Å². The first-order valence-electron chi connectivity index (χ1n) is 6.23. The lowest BCUT2D eigenvalue weighted by Crippen LogP contribution is -2.10. The van der Waals surface area contributed by atoms with Gasteiger partial charge in [0.25, 0.3) is 5.69 Å². The maximum Gasteiger partial charge on any atom is 0.294 e. The van der Waals surface area contributed by atoms with E-state index >= 15 is 0 Å². The molecule has 0 aliphatic rings. The summed E-state index contributed by atoms with van der Waals surface area (Å²) in [5, 5.41) is 11.2. The monoisotopic (exact) mass is 286 g/mol. The van der Waals surface area contributed by atoms with Crippen LogP contribution in [-0.4, -0.2) is 19.9 Å². The predicted octanol–water partition coefficient (Wildman–Crippen LogP) is 2.97. The summed E-state index contributed by atoms with van der Waals surface area (Å²) >= 11 is 0. The molecule has 0 atom stereocenters. The van der Waals surface area contributed by atoms with Crippen molar-refractivity contribution in [1.82, 2.24) is 15.0 Å². The van der Waals surface area contributed by atoms with Crippen molar-refractivity contribution in [2.45, 2.75) is 5.92 Å². The molecule has 0 saturated heterocycles. The van der Waals surface area contributed by atoms with Gasteiger partial charge in [0.1, 0.15) is 6.20 Å². The van der Waals surface area contributed by atoms with Crippen LogP contribution in [0.2, 0.25) is 0 Å². The number of hydrogen-bond acceptors (Lipinski definition) is 3. The van der Waals surface area contributed by atoms with E-state index in [1.807, 2.05) is 0 Å². The Morgan fingerprint density at radius 3 is 2.24 bits per heavy atom. The summed E-state index contributed by atoms with van der Waals surface area (Å²) in [6.45, 7) is 0. The number of halogens is 1. The van der Waals surface area contributed by atoms with Crippen molar-refractivity contribution < 1.29 is 9.31 Å². The van der Waals surface area contributed by atoms with Crippen molar-refractivity contribution in [3.8, 4) is 0 Å². The SMILES string of the molecule is O=[N+]([O-])c1cncc(F)c1C(c1ccc[nH]1)c1ccc[nH]1. The first kappa shape index (κ1) is 13.0. The zero-order valence-electron chi connectivity index (χ0n) is 10.8. The van der Waals surface area contributed by atoms with E-state index in [9.17, 15) is 14.5 Å². The fourth-order valence-corrected chi connectivity index (χ4v) is 2.39. The average molecular weight is 286 g/mol. The Kier molecular flexibility index (Phi) is 3.23. The van der Waals surface area contributed by atoms with Crippen LogP contribution < -0.4 is 0 Å². The van der Waals surface area contributed by atoms with E-state index in [-0.39, 0.29) is 11.3 Å². The zero-order chi connectivity index (χ0) is 14.8. The Labute approximate surface area is 118 Å². The Morgan fingerprint density at radius 2 is 1.76 bits per heavy atom. The van der Waals surface area contributed by atoms with Gasteiger partial charge in [-0.3, -0.25) is 15.1 Å². The number of aromatic amines is 2. The summed E-state index contributed by atoms with van der Waals surface area (Å²) in [5.74, 6) is -1.34. The maximum absolute atomic E-state index is 14.2. The Hall–Kier alpha value is -2.96. The van der Waals surface area contributed by atoms with Gasteiger partial charge < -0.3 is 9.97 Å².